The van der Waals surface area contributed by atoms with Crippen LogP contribution in [0.2, 0.25) is 0 Å². The SMILES string of the molecule is CCC(C)Nc1cccc(C)c1C(N)=NC. The highest BCUT2D eigenvalue weighted by Gasteiger charge is 2.10. The third-order valence-electron chi connectivity index (χ3n) is 2.78. The maximum absolute atomic E-state index is 5.92. The minimum atomic E-state index is 0.435. The summed E-state index contributed by atoms with van der Waals surface area (Å²) in [5.74, 6) is 0.587. The summed E-state index contributed by atoms with van der Waals surface area (Å²) in [4.78, 5) is 4.07. The van der Waals surface area contributed by atoms with Crippen molar-refractivity contribution in [3.05, 3.63) is 29.3 Å². The zero-order chi connectivity index (χ0) is 12.1. The van der Waals surface area contributed by atoms with Gasteiger partial charge in [-0.25, -0.2) is 0 Å². The zero-order valence-corrected chi connectivity index (χ0v) is 10.5. The molecule has 0 aliphatic carbocycles. The van der Waals surface area contributed by atoms with Crippen LogP contribution < -0.4 is 11.1 Å². The minimum absolute atomic E-state index is 0.435. The van der Waals surface area contributed by atoms with Crippen molar-refractivity contribution in [2.75, 3.05) is 12.4 Å². The van der Waals surface area contributed by atoms with E-state index in [9.17, 15) is 0 Å². The molecule has 16 heavy (non-hydrogen) atoms. The molecule has 0 aromatic heterocycles. The fraction of sp³-hybridized carbons (Fsp3) is 0.462. The number of hydrogen-bond donors (Lipinski definition) is 2. The molecule has 3 nitrogen and oxygen atoms in total. The molecule has 0 amide bonds. The van der Waals surface area contributed by atoms with Crippen molar-refractivity contribution < 1.29 is 0 Å². The lowest BCUT2D eigenvalue weighted by atomic mass is 10.0. The van der Waals surface area contributed by atoms with Crippen molar-refractivity contribution in [3.63, 3.8) is 0 Å². The van der Waals surface area contributed by atoms with Crippen LogP contribution in [0.15, 0.2) is 23.2 Å². The van der Waals surface area contributed by atoms with E-state index < -0.39 is 0 Å². The Kier molecular flexibility index (Phi) is 4.35. The van der Waals surface area contributed by atoms with E-state index in [0.717, 1.165) is 23.2 Å². The Balaban J connectivity index is 3.13. The quantitative estimate of drug-likeness (QED) is 0.604. The lowest BCUT2D eigenvalue weighted by molar-refractivity contribution is 0.763. The largest absolute Gasteiger partial charge is 0.383 e. The van der Waals surface area contributed by atoms with Gasteiger partial charge in [-0.2, -0.15) is 0 Å². The summed E-state index contributed by atoms with van der Waals surface area (Å²) in [5, 5.41) is 3.46. The van der Waals surface area contributed by atoms with E-state index in [1.807, 2.05) is 12.1 Å². The number of hydrogen-bond acceptors (Lipinski definition) is 2. The van der Waals surface area contributed by atoms with Gasteiger partial charge in [0, 0.05) is 24.3 Å². The molecule has 88 valence electrons. The number of benzene rings is 1. The first-order chi connectivity index (χ1) is 7.60. The second-order valence-corrected chi connectivity index (χ2v) is 4.06. The number of aliphatic imine (C=N–C) groups is 1. The van der Waals surface area contributed by atoms with Crippen LogP contribution in [0, 0.1) is 6.92 Å². The second kappa shape index (κ2) is 5.54. The molecule has 1 rings (SSSR count). The van der Waals surface area contributed by atoms with Crippen molar-refractivity contribution in [1.82, 2.24) is 0 Å². The van der Waals surface area contributed by atoms with Gasteiger partial charge in [0.2, 0.25) is 0 Å². The van der Waals surface area contributed by atoms with Crippen molar-refractivity contribution in [2.45, 2.75) is 33.2 Å². The molecule has 0 aliphatic heterocycles. The highest BCUT2D eigenvalue weighted by Crippen LogP contribution is 2.20. The molecule has 3 heteroatoms. The molecule has 0 heterocycles. The Labute approximate surface area is 97.8 Å². The molecule has 0 fully saturated rings. The van der Waals surface area contributed by atoms with E-state index in [-0.39, 0.29) is 0 Å². The van der Waals surface area contributed by atoms with Crippen molar-refractivity contribution in [2.24, 2.45) is 10.7 Å². The Morgan fingerprint density at radius 1 is 1.50 bits per heavy atom. The fourth-order valence-electron chi connectivity index (χ4n) is 1.61. The first-order valence-corrected chi connectivity index (χ1v) is 5.68. The third-order valence-corrected chi connectivity index (χ3v) is 2.78. The summed E-state index contributed by atoms with van der Waals surface area (Å²) < 4.78 is 0. The van der Waals surface area contributed by atoms with Crippen LogP contribution in [0.25, 0.3) is 0 Å². The molecule has 0 spiro atoms. The first kappa shape index (κ1) is 12.6. The molecule has 1 aromatic carbocycles. The van der Waals surface area contributed by atoms with Gasteiger partial charge < -0.3 is 11.1 Å². The average Bonchev–Trinajstić information content (AvgIpc) is 2.28. The number of amidine groups is 1. The highest BCUT2D eigenvalue weighted by molar-refractivity contribution is 6.03. The normalized spacial score (nSPS) is 13.6. The van der Waals surface area contributed by atoms with Crippen LogP contribution in [0.4, 0.5) is 5.69 Å². The Morgan fingerprint density at radius 3 is 2.75 bits per heavy atom. The van der Waals surface area contributed by atoms with Gasteiger partial charge in [0.1, 0.15) is 5.84 Å². The van der Waals surface area contributed by atoms with Crippen LogP contribution in [0.5, 0.6) is 0 Å². The fourth-order valence-corrected chi connectivity index (χ4v) is 1.61. The molecule has 0 saturated heterocycles. The zero-order valence-electron chi connectivity index (χ0n) is 10.5. The maximum Gasteiger partial charge on any atom is 0.127 e. The lowest BCUT2D eigenvalue weighted by Gasteiger charge is -2.18. The average molecular weight is 219 g/mol. The molecule has 0 saturated carbocycles. The van der Waals surface area contributed by atoms with Crippen molar-refractivity contribution in [3.8, 4) is 0 Å². The summed E-state index contributed by atoms with van der Waals surface area (Å²) in [6.45, 7) is 6.37. The van der Waals surface area contributed by atoms with Crippen LogP contribution in [-0.4, -0.2) is 18.9 Å². The number of anilines is 1. The Bertz CT molecular complexity index is 383. The van der Waals surface area contributed by atoms with Crippen molar-refractivity contribution >= 4 is 11.5 Å². The number of nitrogens with zero attached hydrogens (tertiary/aromatic N) is 1. The van der Waals surface area contributed by atoms with Gasteiger partial charge in [-0.05, 0) is 31.9 Å². The summed E-state index contributed by atoms with van der Waals surface area (Å²) in [6, 6.07) is 6.57. The molecule has 1 unspecified atom stereocenters. The molecule has 1 aromatic rings. The molecule has 0 bridgehead atoms. The van der Waals surface area contributed by atoms with Gasteiger partial charge in [0.25, 0.3) is 0 Å². The van der Waals surface area contributed by atoms with Crippen molar-refractivity contribution in [1.29, 1.82) is 0 Å². The van der Waals surface area contributed by atoms with Gasteiger partial charge >= 0.3 is 0 Å². The maximum atomic E-state index is 5.92. The smallest absolute Gasteiger partial charge is 0.127 e. The van der Waals surface area contributed by atoms with E-state index in [2.05, 4.69) is 37.1 Å². The van der Waals surface area contributed by atoms with Gasteiger partial charge in [0.05, 0.1) is 0 Å². The van der Waals surface area contributed by atoms with Crippen LogP contribution in [-0.2, 0) is 0 Å². The monoisotopic (exact) mass is 219 g/mol. The van der Waals surface area contributed by atoms with Crippen LogP contribution in [0.1, 0.15) is 31.4 Å². The lowest BCUT2D eigenvalue weighted by Crippen LogP contribution is -2.21. The number of nitrogens with one attached hydrogen (secondary N) is 1. The van der Waals surface area contributed by atoms with Crippen LogP contribution >= 0.6 is 0 Å². The van der Waals surface area contributed by atoms with E-state index in [1.54, 1.807) is 7.05 Å². The molecule has 1 atom stereocenters. The predicted octanol–water partition coefficient (Wildman–Crippen LogP) is 2.54. The third kappa shape index (κ3) is 2.75. The standard InChI is InChI=1S/C13H21N3/c1-5-10(3)16-11-8-6-7-9(2)12(11)13(14)15-4/h6-8,10,16H,5H2,1-4H3,(H2,14,15). The predicted molar refractivity (Wildman–Crippen MR) is 71.2 cm³/mol. The summed E-state index contributed by atoms with van der Waals surface area (Å²) >= 11 is 0. The molecular weight excluding hydrogens is 198 g/mol. The Morgan fingerprint density at radius 2 is 2.19 bits per heavy atom. The molecule has 0 aliphatic rings. The topological polar surface area (TPSA) is 50.4 Å². The summed E-state index contributed by atoms with van der Waals surface area (Å²) in [6.07, 6.45) is 1.08. The van der Waals surface area contributed by atoms with Gasteiger partial charge in [-0.3, -0.25) is 4.99 Å². The Hall–Kier alpha value is -1.51. The summed E-state index contributed by atoms with van der Waals surface area (Å²) in [7, 11) is 1.72. The van der Waals surface area contributed by atoms with Gasteiger partial charge in [-0.15, -0.1) is 0 Å². The number of aryl methyl sites for hydroxylation is 1. The van der Waals surface area contributed by atoms with E-state index in [0.29, 0.717) is 11.9 Å². The first-order valence-electron chi connectivity index (χ1n) is 5.68. The van der Waals surface area contributed by atoms with Gasteiger partial charge in [0.15, 0.2) is 0 Å². The number of rotatable bonds is 4. The van der Waals surface area contributed by atoms with Gasteiger partial charge in [-0.1, -0.05) is 19.1 Å². The van der Waals surface area contributed by atoms with Crippen LogP contribution in [0.3, 0.4) is 0 Å². The second-order valence-electron chi connectivity index (χ2n) is 4.06. The number of nitrogens with two attached hydrogens (primary N) is 1. The van der Waals surface area contributed by atoms with E-state index in [4.69, 9.17) is 5.73 Å². The molecule has 3 N–H and O–H groups in total. The van der Waals surface area contributed by atoms with E-state index in [1.165, 1.54) is 0 Å². The minimum Gasteiger partial charge on any atom is -0.383 e. The van der Waals surface area contributed by atoms with E-state index >= 15 is 0 Å². The molecular formula is C13H21N3. The molecule has 0 radical (unpaired) electrons. The highest BCUT2D eigenvalue weighted by atomic mass is 14.9. The summed E-state index contributed by atoms with van der Waals surface area (Å²) in [5.41, 5.74) is 9.16.